The zero-order valence-corrected chi connectivity index (χ0v) is 16.2. The number of anilines is 1. The van der Waals surface area contributed by atoms with Crippen LogP contribution in [-0.4, -0.2) is 35.6 Å². The van der Waals surface area contributed by atoms with Crippen LogP contribution >= 0.6 is 11.6 Å². The summed E-state index contributed by atoms with van der Waals surface area (Å²) in [5, 5.41) is 12.8. The molecule has 5 nitrogen and oxygen atoms in total. The Morgan fingerprint density at radius 2 is 1.93 bits per heavy atom. The van der Waals surface area contributed by atoms with E-state index in [-0.39, 0.29) is 29.2 Å². The second-order valence-corrected chi connectivity index (χ2v) is 7.37. The molecule has 1 amide bonds. The van der Waals surface area contributed by atoms with Gasteiger partial charge in [-0.2, -0.15) is 13.2 Å². The van der Waals surface area contributed by atoms with E-state index in [0.717, 1.165) is 17.8 Å². The van der Waals surface area contributed by atoms with E-state index in [1.165, 1.54) is 0 Å². The number of nitrogens with one attached hydrogen (secondary N) is 1. The lowest BCUT2D eigenvalue weighted by molar-refractivity contribution is -0.137. The summed E-state index contributed by atoms with van der Waals surface area (Å²) < 4.78 is 38.2. The minimum Gasteiger partial charge on any atom is -0.387 e. The van der Waals surface area contributed by atoms with Crippen LogP contribution in [0, 0.1) is 5.92 Å². The van der Waals surface area contributed by atoms with Crippen molar-refractivity contribution in [1.29, 1.82) is 0 Å². The zero-order chi connectivity index (χ0) is 21.0. The molecule has 0 bridgehead atoms. The molecule has 29 heavy (non-hydrogen) atoms. The number of halogens is 4. The van der Waals surface area contributed by atoms with Gasteiger partial charge in [-0.05, 0) is 24.5 Å². The van der Waals surface area contributed by atoms with E-state index in [9.17, 15) is 23.1 Å². The summed E-state index contributed by atoms with van der Waals surface area (Å²) in [5.41, 5.74) is -0.164. The summed E-state index contributed by atoms with van der Waals surface area (Å²) >= 11 is 6.00. The molecule has 156 valence electrons. The van der Waals surface area contributed by atoms with Gasteiger partial charge in [0.25, 0.3) is 0 Å². The number of pyridine rings is 1. The van der Waals surface area contributed by atoms with Gasteiger partial charge >= 0.3 is 6.18 Å². The molecular weight excluding hydrogens is 407 g/mol. The molecule has 1 aliphatic heterocycles. The summed E-state index contributed by atoms with van der Waals surface area (Å²) in [4.78, 5) is 18.0. The summed E-state index contributed by atoms with van der Waals surface area (Å²) in [6.07, 6.45) is -3.47. The molecule has 2 N–H and O–H groups in total. The van der Waals surface area contributed by atoms with E-state index in [1.54, 1.807) is 17.0 Å². The summed E-state index contributed by atoms with van der Waals surface area (Å²) in [6.45, 7) is 1.03. The Morgan fingerprint density at radius 3 is 2.52 bits per heavy atom. The quantitative estimate of drug-likeness (QED) is 0.761. The minimum absolute atomic E-state index is 0.0614. The first-order valence-electron chi connectivity index (χ1n) is 9.24. The van der Waals surface area contributed by atoms with Crippen LogP contribution in [0.25, 0.3) is 0 Å². The summed E-state index contributed by atoms with van der Waals surface area (Å²) in [6, 6.07) is 9.92. The van der Waals surface area contributed by atoms with Gasteiger partial charge in [0.1, 0.15) is 5.82 Å². The highest BCUT2D eigenvalue weighted by atomic mass is 35.5. The summed E-state index contributed by atoms with van der Waals surface area (Å²) in [7, 11) is 0. The smallest absolute Gasteiger partial charge is 0.387 e. The van der Waals surface area contributed by atoms with Crippen molar-refractivity contribution in [3.05, 3.63) is 58.7 Å². The molecule has 1 aromatic heterocycles. The lowest BCUT2D eigenvalue weighted by Crippen LogP contribution is -2.42. The van der Waals surface area contributed by atoms with Crippen molar-refractivity contribution < 1.29 is 23.1 Å². The molecule has 1 saturated heterocycles. The van der Waals surface area contributed by atoms with E-state index in [4.69, 9.17) is 11.6 Å². The Bertz CT molecular complexity index is 841. The normalized spacial score (nSPS) is 16.5. The van der Waals surface area contributed by atoms with Gasteiger partial charge in [-0.15, -0.1) is 0 Å². The molecule has 0 radical (unpaired) electrons. The Labute approximate surface area is 171 Å². The minimum atomic E-state index is -4.50. The maximum atomic E-state index is 12.7. The van der Waals surface area contributed by atoms with Gasteiger partial charge in [0.15, 0.2) is 0 Å². The number of aliphatic hydroxyl groups is 1. The highest BCUT2D eigenvalue weighted by molar-refractivity contribution is 6.33. The van der Waals surface area contributed by atoms with E-state index >= 15 is 0 Å². The van der Waals surface area contributed by atoms with Crippen LogP contribution in [0.4, 0.5) is 19.0 Å². The third-order valence-corrected chi connectivity index (χ3v) is 5.25. The highest BCUT2D eigenvalue weighted by Gasteiger charge is 2.33. The maximum Gasteiger partial charge on any atom is 0.417 e. The van der Waals surface area contributed by atoms with Gasteiger partial charge in [0.05, 0.1) is 16.7 Å². The molecule has 1 atom stereocenters. The fourth-order valence-corrected chi connectivity index (χ4v) is 3.59. The van der Waals surface area contributed by atoms with E-state index in [2.05, 4.69) is 10.3 Å². The highest BCUT2D eigenvalue weighted by Crippen LogP contribution is 2.34. The number of carbonyl (C=O) groups excluding carboxylic acids is 1. The second-order valence-electron chi connectivity index (χ2n) is 6.96. The van der Waals surface area contributed by atoms with Gasteiger partial charge in [-0.25, -0.2) is 4.98 Å². The van der Waals surface area contributed by atoms with E-state index < -0.39 is 17.8 Å². The lowest BCUT2D eigenvalue weighted by Gasteiger charge is -2.32. The average Bonchev–Trinajstić information content (AvgIpc) is 2.72. The topological polar surface area (TPSA) is 65.5 Å². The number of rotatable bonds is 5. The lowest BCUT2D eigenvalue weighted by atomic mass is 9.95. The van der Waals surface area contributed by atoms with Crippen LogP contribution in [0.1, 0.15) is 30.1 Å². The number of carbonyl (C=O) groups is 1. The Kier molecular flexibility index (Phi) is 6.64. The number of benzene rings is 1. The number of nitrogens with zero attached hydrogens (tertiary/aromatic N) is 2. The monoisotopic (exact) mass is 427 g/mol. The van der Waals surface area contributed by atoms with Crippen LogP contribution in [0.5, 0.6) is 0 Å². The van der Waals surface area contributed by atoms with Crippen molar-refractivity contribution in [3.63, 3.8) is 0 Å². The van der Waals surface area contributed by atoms with Gasteiger partial charge in [-0.3, -0.25) is 4.79 Å². The SMILES string of the molecule is O=C(NCC(O)c1ccccc1)C1CCN(c2ncc(C(F)(F)F)cc2Cl)CC1. The van der Waals surface area contributed by atoms with E-state index in [1.807, 2.05) is 18.2 Å². The van der Waals surface area contributed by atoms with Crippen LogP contribution in [0.3, 0.4) is 0 Å². The third-order valence-electron chi connectivity index (χ3n) is 4.97. The van der Waals surface area contributed by atoms with Crippen LogP contribution < -0.4 is 10.2 Å². The number of alkyl halides is 3. The standard InChI is InChI=1S/C20H21ClF3N3O2/c21-16-10-15(20(22,23)24)11-25-18(16)27-8-6-14(7-9-27)19(29)26-12-17(28)13-4-2-1-3-5-13/h1-5,10-11,14,17,28H,6-9,12H2,(H,26,29). The Hall–Kier alpha value is -2.32. The number of aliphatic hydroxyl groups excluding tert-OH is 1. The number of hydrogen-bond acceptors (Lipinski definition) is 4. The molecular formula is C20H21ClF3N3O2. The zero-order valence-electron chi connectivity index (χ0n) is 15.5. The van der Waals surface area contributed by atoms with Crippen LogP contribution in [0.2, 0.25) is 5.02 Å². The molecule has 0 aliphatic carbocycles. The fourth-order valence-electron chi connectivity index (χ4n) is 3.31. The Morgan fingerprint density at radius 1 is 1.28 bits per heavy atom. The van der Waals surface area contributed by atoms with Crippen molar-refractivity contribution in [3.8, 4) is 0 Å². The summed E-state index contributed by atoms with van der Waals surface area (Å²) in [5.74, 6) is -0.0911. The second kappa shape index (κ2) is 9.00. The van der Waals surface area contributed by atoms with Crippen molar-refractivity contribution >= 4 is 23.3 Å². The largest absolute Gasteiger partial charge is 0.417 e. The first kappa shape index (κ1) is 21.4. The van der Waals surface area contributed by atoms with Crippen molar-refractivity contribution in [1.82, 2.24) is 10.3 Å². The van der Waals surface area contributed by atoms with Gasteiger partial charge in [-0.1, -0.05) is 41.9 Å². The molecule has 1 fully saturated rings. The van der Waals surface area contributed by atoms with Gasteiger partial charge in [0.2, 0.25) is 5.91 Å². The number of piperidine rings is 1. The fraction of sp³-hybridized carbons (Fsp3) is 0.400. The first-order chi connectivity index (χ1) is 13.8. The van der Waals surface area contributed by atoms with Crippen LogP contribution in [0.15, 0.2) is 42.6 Å². The predicted molar refractivity (Wildman–Crippen MR) is 104 cm³/mol. The number of aromatic nitrogens is 1. The Balaban J connectivity index is 1.52. The molecule has 2 aromatic rings. The first-order valence-corrected chi connectivity index (χ1v) is 9.62. The molecule has 1 aliphatic rings. The number of hydrogen-bond donors (Lipinski definition) is 2. The average molecular weight is 428 g/mol. The van der Waals surface area contributed by atoms with E-state index in [0.29, 0.717) is 25.9 Å². The molecule has 0 saturated carbocycles. The third kappa shape index (κ3) is 5.39. The van der Waals surface area contributed by atoms with Crippen molar-refractivity contribution in [2.75, 3.05) is 24.5 Å². The predicted octanol–water partition coefficient (Wildman–Crippen LogP) is 3.82. The molecule has 1 aromatic carbocycles. The van der Waals surface area contributed by atoms with Crippen molar-refractivity contribution in [2.45, 2.75) is 25.1 Å². The molecule has 9 heteroatoms. The molecule has 0 spiro atoms. The molecule has 3 rings (SSSR count). The van der Waals surface area contributed by atoms with Gasteiger partial charge < -0.3 is 15.3 Å². The maximum absolute atomic E-state index is 12.7. The van der Waals surface area contributed by atoms with Crippen molar-refractivity contribution in [2.24, 2.45) is 5.92 Å². The number of amides is 1. The van der Waals surface area contributed by atoms with Gasteiger partial charge in [0, 0.05) is 31.7 Å². The molecule has 2 heterocycles. The molecule has 1 unspecified atom stereocenters. The van der Waals surface area contributed by atoms with Crippen LogP contribution in [-0.2, 0) is 11.0 Å².